The van der Waals surface area contributed by atoms with Crippen LogP contribution in [0.1, 0.15) is 81.0 Å². The van der Waals surface area contributed by atoms with Crippen LogP contribution < -0.4 is 10.2 Å². The van der Waals surface area contributed by atoms with Gasteiger partial charge in [0, 0.05) is 35.3 Å². The van der Waals surface area contributed by atoms with Crippen LogP contribution in [0.3, 0.4) is 0 Å². The molecule has 0 spiro atoms. The molecule has 5 saturated carbocycles. The van der Waals surface area contributed by atoms with Gasteiger partial charge in [0.1, 0.15) is 5.82 Å². The number of aliphatic carboxylic acids is 1. The summed E-state index contributed by atoms with van der Waals surface area (Å²) in [6.07, 6.45) is 12.8. The van der Waals surface area contributed by atoms with Gasteiger partial charge in [-0.2, -0.15) is 0 Å². The van der Waals surface area contributed by atoms with Crippen LogP contribution in [0.4, 0.5) is 5.82 Å². The van der Waals surface area contributed by atoms with Gasteiger partial charge in [0.2, 0.25) is 0 Å². The molecule has 5 atom stereocenters. The predicted molar refractivity (Wildman–Crippen MR) is 136 cm³/mol. The number of aromatic nitrogens is 1. The summed E-state index contributed by atoms with van der Waals surface area (Å²) in [5, 5.41) is 24.7. The number of nitrogens with zero attached hydrogens (tertiary/aromatic N) is 2. The third-order valence-electron chi connectivity index (χ3n) is 9.42. The minimum atomic E-state index is -0.717. The van der Waals surface area contributed by atoms with Crippen molar-refractivity contribution in [2.45, 2.75) is 92.3 Å². The van der Waals surface area contributed by atoms with Crippen molar-refractivity contribution < 1.29 is 19.8 Å². The number of nitrogens with one attached hydrogen (secondary N) is 1. The molecule has 0 aromatic carbocycles. The fraction of sp³-hybridized carbons (Fsp3) is 0.741. The number of piperidine rings is 1. The molecule has 6 fully saturated rings. The van der Waals surface area contributed by atoms with E-state index in [0.29, 0.717) is 48.6 Å². The Morgan fingerprint density at radius 3 is 2.51 bits per heavy atom. The number of rotatable bonds is 6. The Balaban J connectivity index is 1.16. The molecule has 1 saturated heterocycles. The Labute approximate surface area is 211 Å². The smallest absolute Gasteiger partial charge is 0.306 e. The average Bonchev–Trinajstić information content (AvgIpc) is 3.33. The van der Waals surface area contributed by atoms with E-state index in [9.17, 15) is 19.8 Å². The molecule has 2 heterocycles. The summed E-state index contributed by atoms with van der Waals surface area (Å²) in [4.78, 5) is 31.3. The quantitative estimate of drug-likeness (QED) is 0.546. The number of thioether (sulfide) groups is 1. The molecule has 6 aliphatic rings. The summed E-state index contributed by atoms with van der Waals surface area (Å²) >= 11 is 2.09. The van der Waals surface area contributed by atoms with Crippen LogP contribution in [0.25, 0.3) is 0 Å². The molecule has 0 radical (unpaired) electrons. The van der Waals surface area contributed by atoms with E-state index >= 15 is 0 Å². The van der Waals surface area contributed by atoms with Crippen molar-refractivity contribution in [3.63, 3.8) is 0 Å². The van der Waals surface area contributed by atoms with Gasteiger partial charge in [-0.1, -0.05) is 12.8 Å². The van der Waals surface area contributed by atoms with Crippen molar-refractivity contribution >= 4 is 29.5 Å². The van der Waals surface area contributed by atoms with Crippen molar-refractivity contribution in [3.8, 4) is 0 Å². The van der Waals surface area contributed by atoms with Gasteiger partial charge in [-0.3, -0.25) is 9.59 Å². The van der Waals surface area contributed by atoms with Crippen LogP contribution in [-0.2, 0) is 4.79 Å². The van der Waals surface area contributed by atoms with Gasteiger partial charge in [-0.05, 0) is 81.8 Å². The van der Waals surface area contributed by atoms with Crippen molar-refractivity contribution in [3.05, 3.63) is 23.9 Å². The number of amides is 1. The fourth-order valence-electron chi connectivity index (χ4n) is 8.08. The lowest BCUT2D eigenvalue weighted by Crippen LogP contribution is -2.69. The molecule has 5 unspecified atom stereocenters. The van der Waals surface area contributed by atoms with Crippen molar-refractivity contribution in [1.82, 2.24) is 10.3 Å². The second-order valence-corrected chi connectivity index (χ2v) is 13.6. The largest absolute Gasteiger partial charge is 0.481 e. The standard InChI is InChI=1S/C27H37N3O4S/c31-24(19-5-6-22(28-15-19)30-9-7-18(8-10-30)25(32)33)29-23-20-11-17-12-26(34,14-20)16-27(23,13-17)35-21-3-1-2-4-21/h5-6,15,17-18,20-21,23,34H,1-4,7-14,16H2,(H,29,31)(H,32,33). The third kappa shape index (κ3) is 4.45. The lowest BCUT2D eigenvalue weighted by molar-refractivity contribution is -0.142. The number of anilines is 1. The SMILES string of the molecule is O=C(NC1C2CC3CC(O)(C2)CC1(SC1CCCC1)C3)c1ccc(N2CCC(C(=O)O)CC2)nc1. The van der Waals surface area contributed by atoms with Crippen LogP contribution in [-0.4, -0.2) is 61.8 Å². The van der Waals surface area contributed by atoms with Crippen molar-refractivity contribution in [1.29, 1.82) is 0 Å². The van der Waals surface area contributed by atoms with Gasteiger partial charge in [0.05, 0.1) is 17.1 Å². The van der Waals surface area contributed by atoms with Gasteiger partial charge in [0.25, 0.3) is 5.91 Å². The average molecular weight is 500 g/mol. The second-order valence-electron chi connectivity index (χ2n) is 11.9. The van der Waals surface area contributed by atoms with Gasteiger partial charge < -0.3 is 20.4 Å². The highest BCUT2D eigenvalue weighted by molar-refractivity contribution is 8.01. The molecule has 190 valence electrons. The van der Waals surface area contributed by atoms with E-state index in [1.165, 1.54) is 25.7 Å². The molecule has 5 aliphatic carbocycles. The van der Waals surface area contributed by atoms with Gasteiger partial charge >= 0.3 is 5.97 Å². The van der Waals surface area contributed by atoms with Crippen LogP contribution in [0.15, 0.2) is 18.3 Å². The monoisotopic (exact) mass is 499 g/mol. The van der Waals surface area contributed by atoms with Crippen LogP contribution in [0, 0.1) is 17.8 Å². The van der Waals surface area contributed by atoms with Crippen LogP contribution in [0.5, 0.6) is 0 Å². The number of hydrogen-bond acceptors (Lipinski definition) is 6. The molecule has 1 aliphatic heterocycles. The maximum Gasteiger partial charge on any atom is 0.306 e. The summed E-state index contributed by atoms with van der Waals surface area (Å²) < 4.78 is -0.0502. The Bertz CT molecular complexity index is 975. The second kappa shape index (κ2) is 8.94. The normalized spacial score (nSPS) is 37.1. The number of carboxylic acids is 1. The number of carbonyl (C=O) groups is 2. The van der Waals surface area contributed by atoms with Gasteiger partial charge in [-0.25, -0.2) is 4.98 Å². The van der Waals surface area contributed by atoms with E-state index in [1.807, 2.05) is 12.1 Å². The minimum absolute atomic E-state index is 0.0502. The molecule has 7 nitrogen and oxygen atoms in total. The van der Waals surface area contributed by atoms with Crippen LogP contribution in [0.2, 0.25) is 0 Å². The number of carboxylic acid groups (broad SMARTS) is 1. The molecule has 35 heavy (non-hydrogen) atoms. The Morgan fingerprint density at radius 1 is 1.09 bits per heavy atom. The zero-order valence-corrected chi connectivity index (χ0v) is 21.1. The molecule has 7 rings (SSSR count). The first kappa shape index (κ1) is 23.6. The van der Waals surface area contributed by atoms with E-state index in [2.05, 4.69) is 27.0 Å². The van der Waals surface area contributed by atoms with Crippen LogP contribution >= 0.6 is 11.8 Å². The van der Waals surface area contributed by atoms with Gasteiger partial charge in [0.15, 0.2) is 0 Å². The fourth-order valence-corrected chi connectivity index (χ4v) is 10.4. The molecule has 1 aromatic rings. The lowest BCUT2D eigenvalue weighted by Gasteiger charge is -2.64. The van der Waals surface area contributed by atoms with E-state index in [-0.39, 0.29) is 22.6 Å². The van der Waals surface area contributed by atoms with Crippen molar-refractivity contribution in [2.24, 2.45) is 17.8 Å². The predicted octanol–water partition coefficient (Wildman–Crippen LogP) is 3.85. The summed E-state index contributed by atoms with van der Waals surface area (Å²) in [5.74, 6) is 0.679. The highest BCUT2D eigenvalue weighted by Crippen LogP contribution is 2.63. The zero-order chi connectivity index (χ0) is 24.2. The first-order chi connectivity index (χ1) is 16.8. The summed E-state index contributed by atoms with van der Waals surface area (Å²) in [6.45, 7) is 1.34. The first-order valence-corrected chi connectivity index (χ1v) is 14.4. The summed E-state index contributed by atoms with van der Waals surface area (Å²) in [7, 11) is 0. The molecule has 8 heteroatoms. The highest BCUT2D eigenvalue weighted by atomic mass is 32.2. The van der Waals surface area contributed by atoms with Gasteiger partial charge in [-0.15, -0.1) is 11.8 Å². The summed E-state index contributed by atoms with van der Waals surface area (Å²) in [6, 6.07) is 3.84. The van der Waals surface area contributed by atoms with E-state index in [4.69, 9.17) is 0 Å². The Kier molecular flexibility index (Phi) is 6.03. The molecular weight excluding hydrogens is 462 g/mol. The first-order valence-electron chi connectivity index (χ1n) is 13.5. The molecule has 4 bridgehead atoms. The number of aliphatic hydroxyl groups is 1. The topological polar surface area (TPSA) is 103 Å². The molecule has 3 N–H and O–H groups in total. The maximum atomic E-state index is 13.4. The molecule has 1 aromatic heterocycles. The lowest BCUT2D eigenvalue weighted by atomic mass is 9.51. The molecular formula is C27H37N3O4S. The van der Waals surface area contributed by atoms with Crippen molar-refractivity contribution in [2.75, 3.05) is 18.0 Å². The van der Waals surface area contributed by atoms with E-state index in [0.717, 1.165) is 37.9 Å². The Hall–Kier alpha value is -1.80. The third-order valence-corrected chi connectivity index (χ3v) is 11.3. The maximum absolute atomic E-state index is 13.4. The molecule has 1 amide bonds. The number of hydrogen-bond donors (Lipinski definition) is 3. The zero-order valence-electron chi connectivity index (χ0n) is 20.3. The van der Waals surface area contributed by atoms with E-state index in [1.54, 1.807) is 6.20 Å². The highest BCUT2D eigenvalue weighted by Gasteiger charge is 2.63. The number of pyridine rings is 1. The number of carbonyl (C=O) groups excluding carboxylic acids is 1. The summed E-state index contributed by atoms with van der Waals surface area (Å²) in [5.41, 5.74) is 0.0263. The van der Waals surface area contributed by atoms with E-state index < -0.39 is 11.6 Å². The Morgan fingerprint density at radius 2 is 1.86 bits per heavy atom. The minimum Gasteiger partial charge on any atom is -0.481 e.